The molecule has 8 heteroatoms. The quantitative estimate of drug-likeness (QED) is 0.798. The van der Waals surface area contributed by atoms with Gasteiger partial charge in [-0.2, -0.15) is 17.0 Å². The maximum absolute atomic E-state index is 12.6. The van der Waals surface area contributed by atoms with E-state index in [0.29, 0.717) is 19.0 Å². The minimum absolute atomic E-state index is 0.112. The highest BCUT2D eigenvalue weighted by atomic mass is 32.2. The molecule has 20 heavy (non-hydrogen) atoms. The Labute approximate surface area is 119 Å². The summed E-state index contributed by atoms with van der Waals surface area (Å²) in [6.07, 6.45) is 1.68. The van der Waals surface area contributed by atoms with E-state index in [9.17, 15) is 18.3 Å². The Bertz CT molecular complexity index is 466. The first-order valence-electron chi connectivity index (χ1n) is 6.88. The third kappa shape index (κ3) is 2.98. The summed E-state index contributed by atoms with van der Waals surface area (Å²) in [5.74, 6) is -0.805. The van der Waals surface area contributed by atoms with Gasteiger partial charge in [0.1, 0.15) is 6.04 Å². The zero-order chi connectivity index (χ0) is 14.9. The number of carboxylic acid groups (broad SMARTS) is 1. The molecule has 2 rings (SSSR count). The second kappa shape index (κ2) is 5.97. The predicted octanol–water partition coefficient (Wildman–Crippen LogP) is 0.137. The highest BCUT2D eigenvalue weighted by Gasteiger charge is 2.46. The molecule has 0 radical (unpaired) electrons. The van der Waals surface area contributed by atoms with Gasteiger partial charge < -0.3 is 9.84 Å². The van der Waals surface area contributed by atoms with Gasteiger partial charge in [-0.05, 0) is 18.8 Å². The summed E-state index contributed by atoms with van der Waals surface area (Å²) in [6, 6.07) is -1.03. The number of piperidine rings is 1. The molecule has 3 atom stereocenters. The lowest BCUT2D eigenvalue weighted by Crippen LogP contribution is -2.51. The number of methoxy groups -OCH3 is 1. The zero-order valence-electron chi connectivity index (χ0n) is 11.9. The van der Waals surface area contributed by atoms with E-state index in [2.05, 4.69) is 0 Å². The molecule has 0 spiro atoms. The maximum Gasteiger partial charge on any atom is 0.322 e. The Hall–Kier alpha value is -0.700. The Kier molecular flexibility index (Phi) is 4.68. The SMILES string of the molecule is COC1CC(C(=O)O)N(S(=O)(=O)N2CCCC(C)C2)C1. The van der Waals surface area contributed by atoms with Gasteiger partial charge in [-0.3, -0.25) is 4.79 Å². The van der Waals surface area contributed by atoms with Crippen LogP contribution >= 0.6 is 0 Å². The van der Waals surface area contributed by atoms with Gasteiger partial charge in [-0.25, -0.2) is 0 Å². The molecular formula is C12H22N2O5S. The highest BCUT2D eigenvalue weighted by molar-refractivity contribution is 7.86. The van der Waals surface area contributed by atoms with Gasteiger partial charge in [0.15, 0.2) is 0 Å². The summed E-state index contributed by atoms with van der Waals surface area (Å²) in [4.78, 5) is 11.3. The molecule has 116 valence electrons. The Morgan fingerprint density at radius 2 is 2.05 bits per heavy atom. The van der Waals surface area contributed by atoms with E-state index in [-0.39, 0.29) is 19.1 Å². The average molecular weight is 306 g/mol. The molecule has 2 saturated heterocycles. The first-order valence-corrected chi connectivity index (χ1v) is 8.28. The Morgan fingerprint density at radius 1 is 1.35 bits per heavy atom. The van der Waals surface area contributed by atoms with E-state index in [4.69, 9.17) is 4.74 Å². The first-order chi connectivity index (χ1) is 9.36. The summed E-state index contributed by atoms with van der Waals surface area (Å²) < 4.78 is 32.9. The van der Waals surface area contributed by atoms with Gasteiger partial charge in [0.2, 0.25) is 0 Å². The zero-order valence-corrected chi connectivity index (χ0v) is 12.7. The van der Waals surface area contributed by atoms with Crippen molar-refractivity contribution in [3.05, 3.63) is 0 Å². The van der Waals surface area contributed by atoms with Crippen LogP contribution in [0.2, 0.25) is 0 Å². The number of rotatable bonds is 4. The number of carbonyl (C=O) groups is 1. The number of ether oxygens (including phenoxy) is 1. The van der Waals surface area contributed by atoms with E-state index in [1.807, 2.05) is 6.92 Å². The standard InChI is InChI=1S/C12H22N2O5S/c1-9-4-3-5-13(7-9)20(17,18)14-8-10(19-2)6-11(14)12(15)16/h9-11H,3-8H2,1-2H3,(H,15,16). The van der Waals surface area contributed by atoms with E-state index < -0.39 is 22.2 Å². The van der Waals surface area contributed by atoms with E-state index in [1.54, 1.807) is 0 Å². The number of hydrogen-bond acceptors (Lipinski definition) is 4. The molecular weight excluding hydrogens is 284 g/mol. The van der Waals surface area contributed by atoms with Gasteiger partial charge in [0.25, 0.3) is 10.2 Å². The van der Waals surface area contributed by atoms with Crippen molar-refractivity contribution in [3.8, 4) is 0 Å². The van der Waals surface area contributed by atoms with Crippen molar-refractivity contribution in [2.75, 3.05) is 26.7 Å². The second-order valence-electron chi connectivity index (χ2n) is 5.63. The van der Waals surface area contributed by atoms with Gasteiger partial charge in [0, 0.05) is 33.2 Å². The summed E-state index contributed by atoms with van der Waals surface area (Å²) in [5.41, 5.74) is 0. The molecule has 2 heterocycles. The molecule has 0 aromatic carbocycles. The van der Waals surface area contributed by atoms with Crippen LogP contribution in [0.3, 0.4) is 0 Å². The number of aliphatic carboxylic acids is 1. The van der Waals surface area contributed by atoms with Gasteiger partial charge in [0.05, 0.1) is 6.10 Å². The van der Waals surface area contributed by atoms with Crippen LogP contribution in [-0.4, -0.2) is 67.0 Å². The number of nitrogens with zero attached hydrogens (tertiary/aromatic N) is 2. The molecule has 3 unspecified atom stereocenters. The van der Waals surface area contributed by atoms with Crippen molar-refractivity contribution in [1.29, 1.82) is 0 Å². The Morgan fingerprint density at radius 3 is 2.60 bits per heavy atom. The molecule has 1 N–H and O–H groups in total. The smallest absolute Gasteiger partial charge is 0.322 e. The second-order valence-corrected chi connectivity index (χ2v) is 7.51. The fourth-order valence-electron chi connectivity index (χ4n) is 2.92. The summed E-state index contributed by atoms with van der Waals surface area (Å²) in [6.45, 7) is 3.05. The van der Waals surface area contributed by atoms with Crippen LogP contribution in [-0.2, 0) is 19.7 Å². The molecule has 0 saturated carbocycles. The highest BCUT2D eigenvalue weighted by Crippen LogP contribution is 2.28. The molecule has 0 amide bonds. The summed E-state index contributed by atoms with van der Waals surface area (Å²) >= 11 is 0. The largest absolute Gasteiger partial charge is 0.480 e. The number of hydrogen-bond donors (Lipinski definition) is 1. The molecule has 7 nitrogen and oxygen atoms in total. The van der Waals surface area contributed by atoms with Crippen molar-refractivity contribution in [2.24, 2.45) is 5.92 Å². The van der Waals surface area contributed by atoms with Gasteiger partial charge >= 0.3 is 5.97 Å². The predicted molar refractivity (Wildman–Crippen MR) is 72.4 cm³/mol. The molecule has 2 aliphatic rings. The van der Waals surface area contributed by atoms with Crippen LogP contribution in [0, 0.1) is 5.92 Å². The average Bonchev–Trinajstić information content (AvgIpc) is 2.83. The van der Waals surface area contributed by atoms with E-state index >= 15 is 0 Å². The Balaban J connectivity index is 2.20. The summed E-state index contributed by atoms with van der Waals surface area (Å²) in [7, 11) is -2.25. The summed E-state index contributed by atoms with van der Waals surface area (Å²) in [5, 5.41) is 9.23. The molecule has 2 aliphatic heterocycles. The minimum atomic E-state index is -3.73. The van der Waals surface area contributed by atoms with E-state index in [0.717, 1.165) is 17.1 Å². The minimum Gasteiger partial charge on any atom is -0.480 e. The van der Waals surface area contributed by atoms with Gasteiger partial charge in [-0.15, -0.1) is 0 Å². The third-order valence-electron chi connectivity index (χ3n) is 4.08. The molecule has 0 aliphatic carbocycles. The topological polar surface area (TPSA) is 87.1 Å². The van der Waals surface area contributed by atoms with Crippen LogP contribution in [0.1, 0.15) is 26.2 Å². The monoisotopic (exact) mass is 306 g/mol. The van der Waals surface area contributed by atoms with Crippen LogP contribution in [0.15, 0.2) is 0 Å². The van der Waals surface area contributed by atoms with Crippen molar-refractivity contribution in [3.63, 3.8) is 0 Å². The maximum atomic E-state index is 12.6. The van der Waals surface area contributed by atoms with Crippen molar-refractivity contribution < 1.29 is 23.1 Å². The lowest BCUT2D eigenvalue weighted by atomic mass is 10.0. The van der Waals surface area contributed by atoms with Crippen LogP contribution < -0.4 is 0 Å². The molecule has 0 aromatic heterocycles. The lowest BCUT2D eigenvalue weighted by molar-refractivity contribution is -0.140. The fourth-order valence-corrected chi connectivity index (χ4v) is 4.87. The van der Waals surface area contributed by atoms with Crippen molar-refractivity contribution >= 4 is 16.2 Å². The normalized spacial score (nSPS) is 33.4. The molecule has 0 aromatic rings. The van der Waals surface area contributed by atoms with Crippen LogP contribution in [0.25, 0.3) is 0 Å². The fraction of sp³-hybridized carbons (Fsp3) is 0.917. The van der Waals surface area contributed by atoms with Crippen LogP contribution in [0.4, 0.5) is 0 Å². The molecule has 0 bridgehead atoms. The lowest BCUT2D eigenvalue weighted by Gasteiger charge is -2.34. The van der Waals surface area contributed by atoms with Crippen molar-refractivity contribution in [1.82, 2.24) is 8.61 Å². The van der Waals surface area contributed by atoms with Crippen LogP contribution in [0.5, 0.6) is 0 Å². The van der Waals surface area contributed by atoms with Crippen molar-refractivity contribution in [2.45, 2.75) is 38.3 Å². The molecule has 2 fully saturated rings. The number of carboxylic acids is 1. The first kappa shape index (κ1) is 15.7. The van der Waals surface area contributed by atoms with Gasteiger partial charge in [-0.1, -0.05) is 6.92 Å². The third-order valence-corrected chi connectivity index (χ3v) is 6.06. The van der Waals surface area contributed by atoms with E-state index in [1.165, 1.54) is 11.4 Å².